The van der Waals surface area contributed by atoms with E-state index in [1.165, 1.54) is 0 Å². The molecule has 0 saturated carbocycles. The number of nitrogens with one attached hydrogen (secondary N) is 1. The normalized spacial score (nSPS) is 14.2. The van der Waals surface area contributed by atoms with Gasteiger partial charge >= 0.3 is 0 Å². The maximum atomic E-state index is 12.9. The molecule has 2 aromatic rings. The molecule has 1 N–H and O–H groups in total. The van der Waals surface area contributed by atoms with Crippen molar-refractivity contribution in [1.82, 2.24) is 20.2 Å². The zero-order valence-electron chi connectivity index (χ0n) is 16.5. The number of carbonyl (C=O) groups excluding carboxylic acids is 2. The third-order valence-electron chi connectivity index (χ3n) is 4.78. The minimum atomic E-state index is -0.138. The molecule has 2 heterocycles. The van der Waals surface area contributed by atoms with Crippen LogP contribution in [-0.4, -0.2) is 59.4 Å². The molecular weight excluding hydrogens is 354 g/mol. The van der Waals surface area contributed by atoms with E-state index in [0.29, 0.717) is 55.7 Å². The lowest BCUT2D eigenvalue weighted by Gasteiger charge is -2.34. The van der Waals surface area contributed by atoms with Crippen LogP contribution in [0.2, 0.25) is 0 Å². The summed E-state index contributed by atoms with van der Waals surface area (Å²) < 4.78 is 0. The smallest absolute Gasteiger partial charge is 0.253 e. The number of rotatable bonds is 6. The number of amides is 2. The molecule has 0 aliphatic carbocycles. The van der Waals surface area contributed by atoms with Gasteiger partial charge < -0.3 is 15.1 Å². The summed E-state index contributed by atoms with van der Waals surface area (Å²) in [5.74, 6) is 1.04. The molecule has 0 spiro atoms. The summed E-state index contributed by atoms with van der Waals surface area (Å²) in [7, 11) is 0. The van der Waals surface area contributed by atoms with Crippen molar-refractivity contribution in [2.24, 2.45) is 5.92 Å². The van der Waals surface area contributed by atoms with E-state index >= 15 is 0 Å². The highest BCUT2D eigenvalue weighted by Gasteiger charge is 2.23. The van der Waals surface area contributed by atoms with Crippen LogP contribution in [-0.2, 0) is 0 Å². The number of anilines is 1. The van der Waals surface area contributed by atoms with Crippen molar-refractivity contribution in [3.8, 4) is 0 Å². The van der Waals surface area contributed by atoms with Gasteiger partial charge in [0.25, 0.3) is 11.8 Å². The van der Waals surface area contributed by atoms with Gasteiger partial charge in [-0.25, -0.2) is 9.97 Å². The van der Waals surface area contributed by atoms with Crippen molar-refractivity contribution in [2.75, 3.05) is 37.6 Å². The highest BCUT2D eigenvalue weighted by atomic mass is 16.2. The second kappa shape index (κ2) is 9.30. The number of piperazine rings is 1. The molecule has 1 saturated heterocycles. The maximum Gasteiger partial charge on any atom is 0.253 e. The summed E-state index contributed by atoms with van der Waals surface area (Å²) in [5.41, 5.74) is 1.06. The molecule has 1 aromatic carbocycles. The van der Waals surface area contributed by atoms with E-state index in [-0.39, 0.29) is 11.8 Å². The van der Waals surface area contributed by atoms with Gasteiger partial charge in [-0.15, -0.1) is 0 Å². The van der Waals surface area contributed by atoms with Gasteiger partial charge in [-0.05, 0) is 36.6 Å². The number of nitrogens with zero attached hydrogens (tertiary/aromatic N) is 4. The molecule has 3 rings (SSSR count). The maximum absolute atomic E-state index is 12.9. The second-order valence-corrected chi connectivity index (χ2v) is 7.35. The van der Waals surface area contributed by atoms with Crippen LogP contribution in [0.25, 0.3) is 0 Å². The van der Waals surface area contributed by atoms with Gasteiger partial charge in [-0.1, -0.05) is 19.9 Å². The third-order valence-corrected chi connectivity index (χ3v) is 4.78. The summed E-state index contributed by atoms with van der Waals surface area (Å²) in [6.45, 7) is 7.45. The summed E-state index contributed by atoms with van der Waals surface area (Å²) in [5, 5.41) is 2.92. The molecule has 0 atom stereocenters. The Balaban J connectivity index is 1.58. The fraction of sp³-hybridized carbons (Fsp3) is 0.429. The zero-order valence-corrected chi connectivity index (χ0v) is 16.5. The van der Waals surface area contributed by atoms with Crippen LogP contribution in [0.4, 0.5) is 5.95 Å². The molecule has 0 bridgehead atoms. The highest BCUT2D eigenvalue weighted by Crippen LogP contribution is 2.14. The molecule has 2 amide bonds. The molecule has 1 aliphatic rings. The van der Waals surface area contributed by atoms with Gasteiger partial charge in [0.2, 0.25) is 5.95 Å². The first-order valence-electron chi connectivity index (χ1n) is 9.74. The third kappa shape index (κ3) is 5.06. The average Bonchev–Trinajstić information content (AvgIpc) is 2.74. The van der Waals surface area contributed by atoms with Crippen LogP contribution in [0, 0.1) is 5.92 Å². The molecule has 1 aliphatic heterocycles. The van der Waals surface area contributed by atoms with Gasteiger partial charge in [0.05, 0.1) is 0 Å². The molecule has 7 heteroatoms. The number of carbonyl (C=O) groups is 2. The Morgan fingerprint density at radius 3 is 2.39 bits per heavy atom. The van der Waals surface area contributed by atoms with Gasteiger partial charge in [-0.2, -0.15) is 0 Å². The molecule has 1 fully saturated rings. The second-order valence-electron chi connectivity index (χ2n) is 7.35. The SMILES string of the molecule is CC(C)CCNC(=O)c1cccc(C(=O)N2CCN(c3ncccn3)CC2)c1. The molecule has 1 aromatic heterocycles. The van der Waals surface area contributed by atoms with Crippen molar-refractivity contribution < 1.29 is 9.59 Å². The fourth-order valence-electron chi connectivity index (χ4n) is 3.12. The molecule has 7 nitrogen and oxygen atoms in total. The van der Waals surface area contributed by atoms with Crippen LogP contribution in [0.3, 0.4) is 0 Å². The predicted octanol–water partition coefficient (Wildman–Crippen LogP) is 2.21. The Morgan fingerprint density at radius 2 is 1.71 bits per heavy atom. The van der Waals surface area contributed by atoms with E-state index in [4.69, 9.17) is 0 Å². The van der Waals surface area contributed by atoms with E-state index in [0.717, 1.165) is 6.42 Å². The van der Waals surface area contributed by atoms with Gasteiger partial charge in [-0.3, -0.25) is 9.59 Å². The monoisotopic (exact) mass is 381 g/mol. The Kier molecular flexibility index (Phi) is 6.57. The van der Waals surface area contributed by atoms with Crippen LogP contribution in [0.1, 0.15) is 41.0 Å². The largest absolute Gasteiger partial charge is 0.352 e. The summed E-state index contributed by atoms with van der Waals surface area (Å²) in [4.78, 5) is 37.6. The first-order chi connectivity index (χ1) is 13.5. The Bertz CT molecular complexity index is 801. The lowest BCUT2D eigenvalue weighted by molar-refractivity contribution is 0.0746. The summed E-state index contributed by atoms with van der Waals surface area (Å²) in [6, 6.07) is 8.74. The number of hydrogen-bond acceptors (Lipinski definition) is 5. The van der Waals surface area contributed by atoms with Crippen molar-refractivity contribution in [1.29, 1.82) is 0 Å². The van der Waals surface area contributed by atoms with E-state index < -0.39 is 0 Å². The average molecular weight is 381 g/mol. The van der Waals surface area contributed by atoms with Crippen LogP contribution in [0.5, 0.6) is 0 Å². The van der Waals surface area contributed by atoms with Crippen LogP contribution >= 0.6 is 0 Å². The van der Waals surface area contributed by atoms with E-state index in [9.17, 15) is 9.59 Å². The zero-order chi connectivity index (χ0) is 19.9. The molecular formula is C21H27N5O2. The highest BCUT2D eigenvalue weighted by molar-refractivity contribution is 5.99. The Morgan fingerprint density at radius 1 is 1.04 bits per heavy atom. The minimum Gasteiger partial charge on any atom is -0.352 e. The Hall–Kier alpha value is -2.96. The standard InChI is InChI=1S/C21H27N5O2/c1-16(2)7-10-22-19(27)17-5-3-6-18(15-17)20(28)25-11-13-26(14-12-25)21-23-8-4-9-24-21/h3-6,8-9,15-16H,7,10-14H2,1-2H3,(H,22,27). The summed E-state index contributed by atoms with van der Waals surface area (Å²) in [6.07, 6.45) is 4.37. The molecule has 28 heavy (non-hydrogen) atoms. The Labute approximate surface area is 165 Å². The summed E-state index contributed by atoms with van der Waals surface area (Å²) >= 11 is 0. The lowest BCUT2D eigenvalue weighted by atomic mass is 10.1. The van der Waals surface area contributed by atoms with E-state index in [2.05, 4.69) is 34.0 Å². The molecule has 148 valence electrons. The first kappa shape index (κ1) is 19.8. The number of benzene rings is 1. The quantitative estimate of drug-likeness (QED) is 0.830. The van der Waals surface area contributed by atoms with E-state index in [1.54, 1.807) is 42.7 Å². The fourth-order valence-corrected chi connectivity index (χ4v) is 3.12. The van der Waals surface area contributed by atoms with Crippen LogP contribution < -0.4 is 10.2 Å². The van der Waals surface area contributed by atoms with E-state index in [1.807, 2.05) is 4.90 Å². The molecule has 0 radical (unpaired) electrons. The number of hydrogen-bond donors (Lipinski definition) is 1. The van der Waals surface area contributed by atoms with Gasteiger partial charge in [0, 0.05) is 56.2 Å². The lowest BCUT2D eigenvalue weighted by Crippen LogP contribution is -2.49. The van der Waals surface area contributed by atoms with Crippen molar-refractivity contribution in [3.63, 3.8) is 0 Å². The molecule has 0 unspecified atom stereocenters. The van der Waals surface area contributed by atoms with Gasteiger partial charge in [0.1, 0.15) is 0 Å². The van der Waals surface area contributed by atoms with Crippen molar-refractivity contribution in [3.05, 3.63) is 53.9 Å². The topological polar surface area (TPSA) is 78.4 Å². The predicted molar refractivity (Wildman–Crippen MR) is 108 cm³/mol. The number of aromatic nitrogens is 2. The van der Waals surface area contributed by atoms with Crippen molar-refractivity contribution in [2.45, 2.75) is 20.3 Å². The van der Waals surface area contributed by atoms with Crippen molar-refractivity contribution >= 4 is 17.8 Å². The van der Waals surface area contributed by atoms with Crippen LogP contribution in [0.15, 0.2) is 42.7 Å². The minimum absolute atomic E-state index is 0.0505. The first-order valence-corrected chi connectivity index (χ1v) is 9.74. The van der Waals surface area contributed by atoms with Gasteiger partial charge in [0.15, 0.2) is 0 Å².